The second-order valence-electron chi connectivity index (χ2n) is 6.99. The molecule has 132 valence electrons. The summed E-state index contributed by atoms with van der Waals surface area (Å²) in [6, 6.07) is 11.5. The molecule has 25 heavy (non-hydrogen) atoms. The number of nitrogens with one attached hydrogen (secondary N) is 1. The molecule has 0 aliphatic rings. The molecule has 7 heteroatoms. The van der Waals surface area contributed by atoms with E-state index in [4.69, 9.17) is 4.42 Å². The number of nitrogens with zero attached hydrogens (tertiary/aromatic N) is 1. The summed E-state index contributed by atoms with van der Waals surface area (Å²) in [7, 11) is -2.15. The molecule has 0 spiro atoms. The van der Waals surface area contributed by atoms with E-state index in [1.54, 1.807) is 37.4 Å². The van der Waals surface area contributed by atoms with Gasteiger partial charge in [-0.25, -0.2) is 13.2 Å². The van der Waals surface area contributed by atoms with Crippen LogP contribution in [0.2, 0.25) is 0 Å². The van der Waals surface area contributed by atoms with Crippen LogP contribution in [0.3, 0.4) is 0 Å². The van der Waals surface area contributed by atoms with Crippen molar-refractivity contribution in [3.63, 3.8) is 0 Å². The van der Waals surface area contributed by atoms with Crippen LogP contribution in [0.15, 0.2) is 56.6 Å². The van der Waals surface area contributed by atoms with Gasteiger partial charge in [0.2, 0.25) is 0 Å². The number of aromatic nitrogens is 1. The van der Waals surface area contributed by atoms with Crippen LogP contribution in [0.5, 0.6) is 0 Å². The van der Waals surface area contributed by atoms with E-state index in [0.717, 1.165) is 5.56 Å². The lowest BCUT2D eigenvalue weighted by Crippen LogP contribution is -2.15. The first-order valence-corrected chi connectivity index (χ1v) is 9.29. The van der Waals surface area contributed by atoms with Crippen molar-refractivity contribution in [1.29, 1.82) is 0 Å². The molecule has 0 bridgehead atoms. The van der Waals surface area contributed by atoms with E-state index in [-0.39, 0.29) is 10.3 Å². The molecule has 3 rings (SSSR count). The van der Waals surface area contributed by atoms with E-state index in [1.165, 1.54) is 4.57 Å². The predicted octanol–water partition coefficient (Wildman–Crippen LogP) is 3.23. The zero-order valence-electron chi connectivity index (χ0n) is 14.5. The van der Waals surface area contributed by atoms with Crippen molar-refractivity contribution in [2.75, 3.05) is 4.72 Å². The minimum atomic E-state index is -3.72. The monoisotopic (exact) mass is 360 g/mol. The van der Waals surface area contributed by atoms with Crippen LogP contribution < -0.4 is 10.5 Å². The van der Waals surface area contributed by atoms with Crippen molar-refractivity contribution in [3.8, 4) is 0 Å². The van der Waals surface area contributed by atoms with Crippen LogP contribution in [0, 0.1) is 0 Å². The highest BCUT2D eigenvalue weighted by molar-refractivity contribution is 7.92. The van der Waals surface area contributed by atoms with E-state index in [9.17, 15) is 13.2 Å². The van der Waals surface area contributed by atoms with Crippen LogP contribution in [0.4, 0.5) is 5.69 Å². The van der Waals surface area contributed by atoms with Gasteiger partial charge < -0.3 is 4.42 Å². The first kappa shape index (κ1) is 17.3. The average molecular weight is 360 g/mol. The highest BCUT2D eigenvalue weighted by Crippen LogP contribution is 2.25. The molecule has 0 radical (unpaired) electrons. The van der Waals surface area contributed by atoms with Crippen LogP contribution in [-0.4, -0.2) is 13.0 Å². The second-order valence-corrected chi connectivity index (χ2v) is 8.67. The molecular formula is C18H20N2O4S. The number of anilines is 1. The largest absolute Gasteiger partial charge is 0.419 e. The lowest BCUT2D eigenvalue weighted by atomic mass is 9.87. The third kappa shape index (κ3) is 3.32. The summed E-state index contributed by atoms with van der Waals surface area (Å²) in [5.41, 5.74) is 2.30. The fourth-order valence-electron chi connectivity index (χ4n) is 2.54. The van der Waals surface area contributed by atoms with Crippen molar-refractivity contribution < 1.29 is 12.8 Å². The fraction of sp³-hybridized carbons (Fsp3) is 0.278. The highest BCUT2D eigenvalue weighted by Gasteiger charge is 2.18. The van der Waals surface area contributed by atoms with Crippen molar-refractivity contribution in [1.82, 2.24) is 4.57 Å². The van der Waals surface area contributed by atoms with Gasteiger partial charge in [-0.3, -0.25) is 9.29 Å². The number of benzene rings is 2. The van der Waals surface area contributed by atoms with Gasteiger partial charge in [-0.15, -0.1) is 0 Å². The van der Waals surface area contributed by atoms with Gasteiger partial charge in [0.15, 0.2) is 5.58 Å². The highest BCUT2D eigenvalue weighted by atomic mass is 32.2. The van der Waals surface area contributed by atoms with E-state index >= 15 is 0 Å². The SMILES string of the molecule is Cn1c(=O)oc2ccc(NS(=O)(=O)c3ccc(C(C)(C)C)cc3)cc21. The van der Waals surface area contributed by atoms with Gasteiger partial charge in [0.05, 0.1) is 16.1 Å². The normalized spacial score (nSPS) is 12.5. The Bertz CT molecular complexity index is 1080. The molecule has 3 aromatic rings. The maximum absolute atomic E-state index is 12.6. The molecule has 1 aromatic heterocycles. The summed E-state index contributed by atoms with van der Waals surface area (Å²) in [6.45, 7) is 6.21. The summed E-state index contributed by atoms with van der Waals surface area (Å²) in [6.07, 6.45) is 0. The van der Waals surface area contributed by atoms with Gasteiger partial charge in [0.1, 0.15) is 0 Å². The number of oxazole rings is 1. The first-order chi connectivity index (χ1) is 11.6. The molecule has 1 N–H and O–H groups in total. The average Bonchev–Trinajstić information content (AvgIpc) is 2.81. The Labute approximate surface area is 146 Å². The Kier molecular flexibility index (Phi) is 3.99. The van der Waals surface area contributed by atoms with Crippen LogP contribution >= 0.6 is 0 Å². The molecule has 0 fully saturated rings. The van der Waals surface area contributed by atoms with Crippen LogP contribution in [0.25, 0.3) is 11.1 Å². The van der Waals surface area contributed by atoms with Crippen molar-refractivity contribution in [3.05, 3.63) is 58.6 Å². The third-order valence-electron chi connectivity index (χ3n) is 4.07. The molecule has 1 heterocycles. The molecule has 6 nitrogen and oxygen atoms in total. The van der Waals surface area contributed by atoms with Gasteiger partial charge in [-0.2, -0.15) is 0 Å². The lowest BCUT2D eigenvalue weighted by molar-refractivity contribution is 0.528. The second kappa shape index (κ2) is 5.77. The standard InChI is InChI=1S/C18H20N2O4S/c1-18(2,3)12-5-8-14(9-6-12)25(22,23)19-13-7-10-16-15(11-13)20(4)17(21)24-16/h5-11,19H,1-4H3. The van der Waals surface area contributed by atoms with E-state index < -0.39 is 15.8 Å². The van der Waals surface area contributed by atoms with Crippen LogP contribution in [-0.2, 0) is 22.5 Å². The Hall–Kier alpha value is -2.54. The summed E-state index contributed by atoms with van der Waals surface area (Å²) in [5.74, 6) is -0.493. The van der Waals surface area contributed by atoms with E-state index in [2.05, 4.69) is 25.5 Å². The summed E-state index contributed by atoms with van der Waals surface area (Å²) >= 11 is 0. The minimum Gasteiger partial charge on any atom is -0.408 e. The lowest BCUT2D eigenvalue weighted by Gasteiger charge is -2.19. The fourth-order valence-corrected chi connectivity index (χ4v) is 3.59. The number of rotatable bonds is 3. The van der Waals surface area contributed by atoms with E-state index in [0.29, 0.717) is 16.8 Å². The Balaban J connectivity index is 1.93. The van der Waals surface area contributed by atoms with Gasteiger partial charge >= 0.3 is 5.76 Å². The van der Waals surface area contributed by atoms with Gasteiger partial charge in [-0.1, -0.05) is 32.9 Å². The minimum absolute atomic E-state index is 0.0488. The van der Waals surface area contributed by atoms with Gasteiger partial charge in [0, 0.05) is 7.05 Å². The topological polar surface area (TPSA) is 81.3 Å². The van der Waals surface area contributed by atoms with E-state index in [1.807, 2.05) is 12.1 Å². The quantitative estimate of drug-likeness (QED) is 0.777. The molecule has 0 saturated heterocycles. The number of hydrogen-bond acceptors (Lipinski definition) is 4. The maximum Gasteiger partial charge on any atom is 0.419 e. The molecule has 0 amide bonds. The summed E-state index contributed by atoms with van der Waals surface area (Å²) < 4.78 is 34.1. The summed E-state index contributed by atoms with van der Waals surface area (Å²) in [5, 5.41) is 0. The summed E-state index contributed by atoms with van der Waals surface area (Å²) in [4.78, 5) is 11.7. The molecule has 0 aliphatic heterocycles. The molecule has 0 saturated carbocycles. The third-order valence-corrected chi connectivity index (χ3v) is 5.47. The molecule has 0 unspecified atom stereocenters. The van der Waals surface area contributed by atoms with Crippen LogP contribution in [0.1, 0.15) is 26.3 Å². The number of sulfonamides is 1. The first-order valence-electron chi connectivity index (χ1n) is 7.81. The Morgan fingerprint density at radius 2 is 1.68 bits per heavy atom. The van der Waals surface area contributed by atoms with Crippen molar-refractivity contribution in [2.45, 2.75) is 31.1 Å². The number of fused-ring (bicyclic) bond motifs is 1. The Morgan fingerprint density at radius 3 is 2.28 bits per heavy atom. The molecule has 2 aromatic carbocycles. The zero-order valence-corrected chi connectivity index (χ0v) is 15.3. The zero-order chi connectivity index (χ0) is 18.4. The van der Waals surface area contributed by atoms with Crippen molar-refractivity contribution in [2.24, 2.45) is 7.05 Å². The smallest absolute Gasteiger partial charge is 0.408 e. The maximum atomic E-state index is 12.6. The number of aryl methyl sites for hydroxylation is 1. The molecule has 0 aliphatic carbocycles. The number of hydrogen-bond donors (Lipinski definition) is 1. The Morgan fingerprint density at radius 1 is 1.04 bits per heavy atom. The molecule has 0 atom stereocenters. The predicted molar refractivity (Wildman–Crippen MR) is 97.4 cm³/mol. The van der Waals surface area contributed by atoms with Gasteiger partial charge in [0.25, 0.3) is 10.0 Å². The van der Waals surface area contributed by atoms with Gasteiger partial charge in [-0.05, 0) is 41.3 Å². The van der Waals surface area contributed by atoms with Crippen molar-refractivity contribution >= 4 is 26.8 Å². The molecular weight excluding hydrogens is 340 g/mol.